The summed E-state index contributed by atoms with van der Waals surface area (Å²) in [4.78, 5) is 25.2. The lowest BCUT2D eigenvalue weighted by molar-refractivity contribution is -0.139. The highest BCUT2D eigenvalue weighted by Gasteiger charge is 2.34. The van der Waals surface area contributed by atoms with Crippen molar-refractivity contribution in [3.63, 3.8) is 0 Å². The molecule has 0 radical (unpaired) electrons. The molecular weight excluding hydrogens is 328 g/mol. The van der Waals surface area contributed by atoms with Crippen LogP contribution in [0.15, 0.2) is 54.6 Å². The van der Waals surface area contributed by atoms with Gasteiger partial charge < -0.3 is 10.4 Å². The first-order valence-electron chi connectivity index (χ1n) is 8.99. The van der Waals surface area contributed by atoms with Crippen molar-refractivity contribution in [1.82, 2.24) is 10.2 Å². The monoisotopic (exact) mass is 352 g/mol. The van der Waals surface area contributed by atoms with Crippen LogP contribution in [0.2, 0.25) is 0 Å². The van der Waals surface area contributed by atoms with Crippen molar-refractivity contribution < 1.29 is 14.7 Å². The number of aliphatic carboxylic acids is 1. The van der Waals surface area contributed by atoms with Crippen LogP contribution < -0.4 is 5.32 Å². The smallest absolute Gasteiger partial charge is 0.317 e. The molecule has 26 heavy (non-hydrogen) atoms. The summed E-state index contributed by atoms with van der Waals surface area (Å²) in [5, 5.41) is 12.0. The second kappa shape index (κ2) is 8.15. The van der Waals surface area contributed by atoms with Gasteiger partial charge in [-0.1, -0.05) is 49.4 Å². The molecule has 1 saturated carbocycles. The second-order valence-electron chi connectivity index (χ2n) is 6.70. The summed E-state index contributed by atoms with van der Waals surface area (Å²) in [6.45, 7) is 2.73. The molecule has 3 rings (SSSR count). The lowest BCUT2D eigenvalue weighted by Gasteiger charge is -2.42. The Labute approximate surface area is 153 Å². The Morgan fingerprint density at radius 1 is 1.04 bits per heavy atom. The van der Waals surface area contributed by atoms with Gasteiger partial charge in [-0.15, -0.1) is 0 Å². The van der Waals surface area contributed by atoms with E-state index in [0.717, 1.165) is 24.0 Å². The molecule has 1 aliphatic carbocycles. The molecule has 2 aromatic rings. The van der Waals surface area contributed by atoms with E-state index in [0.29, 0.717) is 12.1 Å². The summed E-state index contributed by atoms with van der Waals surface area (Å²) < 4.78 is 0. The summed E-state index contributed by atoms with van der Waals surface area (Å²) in [6.07, 6.45) is 1.60. The van der Waals surface area contributed by atoms with Gasteiger partial charge in [-0.3, -0.25) is 14.5 Å². The topological polar surface area (TPSA) is 69.6 Å². The third kappa shape index (κ3) is 4.29. The summed E-state index contributed by atoms with van der Waals surface area (Å²) in [5.41, 5.74) is 2.85. The zero-order valence-electron chi connectivity index (χ0n) is 14.9. The van der Waals surface area contributed by atoms with Crippen LogP contribution in [0.5, 0.6) is 0 Å². The summed E-state index contributed by atoms with van der Waals surface area (Å²) in [5.74, 6) is -0.882. The molecule has 1 amide bonds. The Morgan fingerprint density at radius 3 is 2.23 bits per heavy atom. The molecule has 1 aliphatic rings. The first-order chi connectivity index (χ1) is 12.6. The Balaban J connectivity index is 1.52. The van der Waals surface area contributed by atoms with Gasteiger partial charge in [0.25, 0.3) is 5.91 Å². The van der Waals surface area contributed by atoms with E-state index in [2.05, 4.69) is 5.32 Å². The SMILES string of the molecule is CCN(CC(=O)O)C1CC(NC(=O)c2ccc(-c3ccccc3)cc2)C1. The third-order valence-electron chi connectivity index (χ3n) is 4.96. The van der Waals surface area contributed by atoms with Gasteiger partial charge in [0.1, 0.15) is 0 Å². The number of carboxylic acids is 1. The fourth-order valence-corrected chi connectivity index (χ4v) is 3.39. The maximum atomic E-state index is 12.4. The van der Waals surface area contributed by atoms with E-state index in [1.807, 2.05) is 66.4 Å². The van der Waals surface area contributed by atoms with E-state index in [-0.39, 0.29) is 24.5 Å². The molecule has 0 spiro atoms. The highest BCUT2D eigenvalue weighted by Crippen LogP contribution is 2.26. The van der Waals surface area contributed by atoms with Crippen LogP contribution in [0.3, 0.4) is 0 Å². The van der Waals surface area contributed by atoms with Gasteiger partial charge in [-0.2, -0.15) is 0 Å². The van der Waals surface area contributed by atoms with Crippen molar-refractivity contribution >= 4 is 11.9 Å². The molecule has 0 saturated heterocycles. The summed E-state index contributed by atoms with van der Waals surface area (Å²) in [7, 11) is 0. The van der Waals surface area contributed by atoms with Crippen LogP contribution in [0, 0.1) is 0 Å². The molecule has 0 bridgehead atoms. The van der Waals surface area contributed by atoms with Gasteiger partial charge in [0, 0.05) is 17.6 Å². The fourth-order valence-electron chi connectivity index (χ4n) is 3.39. The van der Waals surface area contributed by atoms with Gasteiger partial charge in [-0.05, 0) is 42.6 Å². The van der Waals surface area contributed by atoms with Gasteiger partial charge in [0.15, 0.2) is 0 Å². The molecule has 0 aliphatic heterocycles. The number of carboxylic acid groups (broad SMARTS) is 1. The zero-order valence-corrected chi connectivity index (χ0v) is 14.9. The molecule has 0 heterocycles. The molecule has 2 aromatic carbocycles. The van der Waals surface area contributed by atoms with Gasteiger partial charge in [-0.25, -0.2) is 0 Å². The number of nitrogens with one attached hydrogen (secondary N) is 1. The Morgan fingerprint density at radius 2 is 1.65 bits per heavy atom. The molecule has 0 unspecified atom stereocenters. The van der Waals surface area contributed by atoms with Crippen LogP contribution in [-0.2, 0) is 4.79 Å². The number of amides is 1. The quantitative estimate of drug-likeness (QED) is 0.804. The highest BCUT2D eigenvalue weighted by atomic mass is 16.4. The number of hydrogen-bond acceptors (Lipinski definition) is 3. The number of benzene rings is 2. The summed E-state index contributed by atoms with van der Waals surface area (Å²) in [6, 6.07) is 18.0. The van der Waals surface area contributed by atoms with Gasteiger partial charge >= 0.3 is 5.97 Å². The van der Waals surface area contributed by atoms with Crippen molar-refractivity contribution in [2.45, 2.75) is 31.8 Å². The highest BCUT2D eigenvalue weighted by molar-refractivity contribution is 5.95. The van der Waals surface area contributed by atoms with E-state index >= 15 is 0 Å². The van der Waals surface area contributed by atoms with E-state index in [9.17, 15) is 9.59 Å². The zero-order chi connectivity index (χ0) is 18.5. The maximum Gasteiger partial charge on any atom is 0.317 e. The van der Waals surface area contributed by atoms with Crippen molar-refractivity contribution in [2.75, 3.05) is 13.1 Å². The average molecular weight is 352 g/mol. The molecule has 5 nitrogen and oxygen atoms in total. The minimum atomic E-state index is -0.808. The first-order valence-corrected chi connectivity index (χ1v) is 8.99. The number of carbonyl (C=O) groups excluding carboxylic acids is 1. The van der Waals surface area contributed by atoms with Crippen LogP contribution in [0.1, 0.15) is 30.1 Å². The van der Waals surface area contributed by atoms with Crippen molar-refractivity contribution in [2.24, 2.45) is 0 Å². The number of carbonyl (C=O) groups is 2. The molecule has 0 atom stereocenters. The van der Waals surface area contributed by atoms with E-state index in [1.165, 1.54) is 0 Å². The average Bonchev–Trinajstić information content (AvgIpc) is 2.63. The van der Waals surface area contributed by atoms with Crippen LogP contribution in [-0.4, -0.2) is 47.1 Å². The second-order valence-corrected chi connectivity index (χ2v) is 6.70. The van der Waals surface area contributed by atoms with Crippen LogP contribution in [0.25, 0.3) is 11.1 Å². The van der Waals surface area contributed by atoms with E-state index in [1.54, 1.807) is 0 Å². The van der Waals surface area contributed by atoms with Crippen molar-refractivity contribution in [3.8, 4) is 11.1 Å². The largest absolute Gasteiger partial charge is 0.480 e. The molecule has 136 valence electrons. The molecule has 0 aromatic heterocycles. The number of hydrogen-bond donors (Lipinski definition) is 2. The molecule has 1 fully saturated rings. The van der Waals surface area contributed by atoms with E-state index in [4.69, 9.17) is 5.11 Å². The lowest BCUT2D eigenvalue weighted by atomic mass is 9.85. The Kier molecular flexibility index (Phi) is 5.68. The number of nitrogens with zero attached hydrogens (tertiary/aromatic N) is 1. The minimum absolute atomic E-state index is 0.0583. The molecule has 2 N–H and O–H groups in total. The molecular formula is C21H24N2O3. The maximum absolute atomic E-state index is 12.4. The Bertz CT molecular complexity index is 753. The normalized spacial score (nSPS) is 19.0. The summed E-state index contributed by atoms with van der Waals surface area (Å²) >= 11 is 0. The molecule has 5 heteroatoms. The standard InChI is InChI=1S/C21H24N2O3/c1-2-23(14-20(24)25)19-12-18(13-19)22-21(26)17-10-8-16(9-11-17)15-6-4-3-5-7-15/h3-11,18-19H,2,12-14H2,1H3,(H,22,26)(H,24,25). The fraction of sp³-hybridized carbons (Fsp3) is 0.333. The Hall–Kier alpha value is -2.66. The van der Waals surface area contributed by atoms with Crippen molar-refractivity contribution in [1.29, 1.82) is 0 Å². The van der Waals surface area contributed by atoms with Crippen molar-refractivity contribution in [3.05, 3.63) is 60.2 Å². The van der Waals surface area contributed by atoms with Gasteiger partial charge in [0.05, 0.1) is 6.54 Å². The third-order valence-corrected chi connectivity index (χ3v) is 4.96. The predicted octanol–water partition coefficient (Wildman–Crippen LogP) is 3.02. The minimum Gasteiger partial charge on any atom is -0.480 e. The number of rotatable bonds is 7. The van der Waals surface area contributed by atoms with Gasteiger partial charge in [0.2, 0.25) is 0 Å². The predicted molar refractivity (Wildman–Crippen MR) is 101 cm³/mol. The lowest BCUT2D eigenvalue weighted by Crippen LogP contribution is -2.54. The van der Waals surface area contributed by atoms with Crippen LogP contribution in [0.4, 0.5) is 0 Å². The number of likely N-dealkylation sites (N-methyl/N-ethyl adjacent to an activating group) is 1. The van der Waals surface area contributed by atoms with Crippen LogP contribution >= 0.6 is 0 Å². The van der Waals surface area contributed by atoms with E-state index < -0.39 is 5.97 Å². The first kappa shape index (κ1) is 18.1.